The van der Waals surface area contributed by atoms with Crippen LogP contribution in [0.25, 0.3) is 0 Å². The van der Waals surface area contributed by atoms with Crippen molar-refractivity contribution in [2.45, 2.75) is 39.3 Å². The van der Waals surface area contributed by atoms with Crippen LogP contribution in [0.3, 0.4) is 0 Å². The first-order valence-corrected chi connectivity index (χ1v) is 5.63. The third kappa shape index (κ3) is 4.98. The summed E-state index contributed by atoms with van der Waals surface area (Å²) in [5.74, 6) is 0.963. The van der Waals surface area contributed by atoms with Crippen LogP contribution in [0.2, 0.25) is 0 Å². The predicted octanol–water partition coefficient (Wildman–Crippen LogP) is 1.32. The molecule has 0 aliphatic heterocycles. The SMILES string of the molecule is CC(C)NC(=O)CNC(C)Cc1ccco1. The van der Waals surface area contributed by atoms with Crippen molar-refractivity contribution in [3.8, 4) is 0 Å². The Morgan fingerprint density at radius 1 is 1.44 bits per heavy atom. The highest BCUT2D eigenvalue weighted by Crippen LogP contribution is 2.03. The van der Waals surface area contributed by atoms with E-state index < -0.39 is 0 Å². The second-order valence-corrected chi connectivity index (χ2v) is 4.29. The van der Waals surface area contributed by atoms with E-state index in [1.165, 1.54) is 0 Å². The van der Waals surface area contributed by atoms with E-state index in [4.69, 9.17) is 4.42 Å². The van der Waals surface area contributed by atoms with Gasteiger partial charge in [0.05, 0.1) is 12.8 Å². The van der Waals surface area contributed by atoms with Gasteiger partial charge in [0, 0.05) is 18.5 Å². The Balaban J connectivity index is 2.20. The summed E-state index contributed by atoms with van der Waals surface area (Å²) >= 11 is 0. The fraction of sp³-hybridized carbons (Fsp3) is 0.583. The van der Waals surface area contributed by atoms with Crippen LogP contribution in [-0.4, -0.2) is 24.5 Å². The maximum atomic E-state index is 11.4. The van der Waals surface area contributed by atoms with Gasteiger partial charge in [0.25, 0.3) is 0 Å². The predicted molar refractivity (Wildman–Crippen MR) is 63.2 cm³/mol. The zero-order valence-corrected chi connectivity index (χ0v) is 10.1. The minimum atomic E-state index is 0.0290. The highest BCUT2D eigenvalue weighted by molar-refractivity contribution is 5.78. The van der Waals surface area contributed by atoms with Gasteiger partial charge in [-0.05, 0) is 32.9 Å². The van der Waals surface area contributed by atoms with Crippen LogP contribution < -0.4 is 10.6 Å². The number of carbonyl (C=O) groups excluding carboxylic acids is 1. The van der Waals surface area contributed by atoms with Gasteiger partial charge < -0.3 is 15.1 Å². The minimum Gasteiger partial charge on any atom is -0.469 e. The standard InChI is InChI=1S/C12H20N2O2/c1-9(2)14-12(15)8-13-10(3)7-11-5-4-6-16-11/h4-6,9-10,13H,7-8H2,1-3H3,(H,14,15). The van der Waals surface area contributed by atoms with Gasteiger partial charge in [-0.15, -0.1) is 0 Å². The first-order chi connectivity index (χ1) is 7.58. The van der Waals surface area contributed by atoms with E-state index in [1.54, 1.807) is 6.26 Å². The fourth-order valence-corrected chi connectivity index (χ4v) is 1.44. The first kappa shape index (κ1) is 12.8. The largest absolute Gasteiger partial charge is 0.469 e. The number of furan rings is 1. The van der Waals surface area contributed by atoms with E-state index in [2.05, 4.69) is 10.6 Å². The zero-order chi connectivity index (χ0) is 12.0. The van der Waals surface area contributed by atoms with Gasteiger partial charge in [-0.1, -0.05) is 0 Å². The number of hydrogen-bond donors (Lipinski definition) is 2. The lowest BCUT2D eigenvalue weighted by Crippen LogP contribution is -2.41. The second kappa shape index (κ2) is 6.33. The van der Waals surface area contributed by atoms with Gasteiger partial charge in [0.1, 0.15) is 5.76 Å². The molecule has 0 aliphatic rings. The molecule has 16 heavy (non-hydrogen) atoms. The highest BCUT2D eigenvalue weighted by Gasteiger charge is 2.08. The van der Waals surface area contributed by atoms with Crippen LogP contribution >= 0.6 is 0 Å². The molecule has 4 nitrogen and oxygen atoms in total. The van der Waals surface area contributed by atoms with Crippen molar-refractivity contribution < 1.29 is 9.21 Å². The highest BCUT2D eigenvalue weighted by atomic mass is 16.3. The summed E-state index contributed by atoms with van der Waals surface area (Å²) in [6.07, 6.45) is 2.45. The Morgan fingerprint density at radius 2 is 2.19 bits per heavy atom. The average molecular weight is 224 g/mol. The Labute approximate surface area is 96.4 Å². The van der Waals surface area contributed by atoms with Gasteiger partial charge in [-0.2, -0.15) is 0 Å². The summed E-state index contributed by atoms with van der Waals surface area (Å²) in [5.41, 5.74) is 0. The van der Waals surface area contributed by atoms with Crippen LogP contribution in [0.4, 0.5) is 0 Å². The van der Waals surface area contributed by atoms with Gasteiger partial charge in [-0.25, -0.2) is 0 Å². The molecular formula is C12H20N2O2. The van der Waals surface area contributed by atoms with E-state index in [-0.39, 0.29) is 18.0 Å². The normalized spacial score (nSPS) is 12.8. The number of rotatable bonds is 6. The molecule has 0 spiro atoms. The van der Waals surface area contributed by atoms with Gasteiger partial charge in [0.2, 0.25) is 5.91 Å². The van der Waals surface area contributed by atoms with Crippen molar-refractivity contribution in [3.05, 3.63) is 24.2 Å². The average Bonchev–Trinajstić information content (AvgIpc) is 2.66. The summed E-state index contributed by atoms with van der Waals surface area (Å²) in [5, 5.41) is 5.99. The van der Waals surface area contributed by atoms with Crippen LogP contribution in [0.5, 0.6) is 0 Å². The molecule has 4 heteroatoms. The van der Waals surface area contributed by atoms with Crippen LogP contribution in [-0.2, 0) is 11.2 Å². The smallest absolute Gasteiger partial charge is 0.234 e. The molecule has 0 aromatic carbocycles. The lowest BCUT2D eigenvalue weighted by molar-refractivity contribution is -0.120. The van der Waals surface area contributed by atoms with Crippen LogP contribution in [0, 0.1) is 0 Å². The molecule has 1 rings (SSSR count). The molecule has 0 saturated heterocycles. The molecule has 0 aliphatic carbocycles. The summed E-state index contributed by atoms with van der Waals surface area (Å²) < 4.78 is 5.23. The Bertz CT molecular complexity index is 307. The van der Waals surface area contributed by atoms with E-state index in [1.807, 2.05) is 32.9 Å². The molecule has 1 aromatic heterocycles. The Kier molecular flexibility index (Phi) is 5.05. The number of carbonyl (C=O) groups is 1. The van der Waals surface area contributed by atoms with Crippen molar-refractivity contribution in [2.75, 3.05) is 6.54 Å². The van der Waals surface area contributed by atoms with Gasteiger partial charge in [0.15, 0.2) is 0 Å². The van der Waals surface area contributed by atoms with Crippen molar-refractivity contribution in [1.29, 1.82) is 0 Å². The summed E-state index contributed by atoms with van der Waals surface area (Å²) in [4.78, 5) is 11.4. The van der Waals surface area contributed by atoms with Crippen LogP contribution in [0.1, 0.15) is 26.5 Å². The summed E-state index contributed by atoms with van der Waals surface area (Å²) in [7, 11) is 0. The molecule has 0 radical (unpaired) electrons. The Morgan fingerprint density at radius 3 is 2.75 bits per heavy atom. The topological polar surface area (TPSA) is 54.3 Å². The van der Waals surface area contributed by atoms with Gasteiger partial charge in [-0.3, -0.25) is 4.79 Å². The molecule has 90 valence electrons. The molecule has 1 atom stereocenters. The third-order valence-corrected chi connectivity index (χ3v) is 2.15. The Hall–Kier alpha value is -1.29. The molecule has 0 fully saturated rings. The molecule has 0 bridgehead atoms. The fourth-order valence-electron chi connectivity index (χ4n) is 1.44. The molecular weight excluding hydrogens is 204 g/mol. The lowest BCUT2D eigenvalue weighted by Gasteiger charge is -2.13. The maximum Gasteiger partial charge on any atom is 0.234 e. The number of nitrogens with one attached hydrogen (secondary N) is 2. The van der Waals surface area contributed by atoms with Crippen molar-refractivity contribution in [3.63, 3.8) is 0 Å². The molecule has 1 unspecified atom stereocenters. The van der Waals surface area contributed by atoms with Crippen molar-refractivity contribution in [1.82, 2.24) is 10.6 Å². The van der Waals surface area contributed by atoms with Gasteiger partial charge >= 0.3 is 0 Å². The number of amides is 1. The van der Waals surface area contributed by atoms with Crippen LogP contribution in [0.15, 0.2) is 22.8 Å². The third-order valence-electron chi connectivity index (χ3n) is 2.15. The van der Waals surface area contributed by atoms with E-state index in [0.29, 0.717) is 6.54 Å². The van der Waals surface area contributed by atoms with Crippen molar-refractivity contribution >= 4 is 5.91 Å². The summed E-state index contributed by atoms with van der Waals surface area (Å²) in [6.45, 7) is 6.28. The molecule has 1 heterocycles. The van der Waals surface area contributed by atoms with E-state index in [0.717, 1.165) is 12.2 Å². The second-order valence-electron chi connectivity index (χ2n) is 4.29. The molecule has 1 aromatic rings. The monoisotopic (exact) mass is 224 g/mol. The summed E-state index contributed by atoms with van der Waals surface area (Å²) in [6, 6.07) is 4.22. The van der Waals surface area contributed by atoms with Crippen molar-refractivity contribution in [2.24, 2.45) is 0 Å². The van der Waals surface area contributed by atoms with E-state index >= 15 is 0 Å². The first-order valence-electron chi connectivity index (χ1n) is 5.63. The molecule has 2 N–H and O–H groups in total. The number of hydrogen-bond acceptors (Lipinski definition) is 3. The zero-order valence-electron chi connectivity index (χ0n) is 10.1. The van der Waals surface area contributed by atoms with E-state index in [9.17, 15) is 4.79 Å². The quantitative estimate of drug-likeness (QED) is 0.766. The lowest BCUT2D eigenvalue weighted by atomic mass is 10.2. The maximum absolute atomic E-state index is 11.4. The minimum absolute atomic E-state index is 0.0290. The molecule has 1 amide bonds. The molecule has 0 saturated carbocycles.